The number of nitrogens with one attached hydrogen (secondary N) is 2. The topological polar surface area (TPSA) is 53.6 Å². The van der Waals surface area contributed by atoms with Crippen molar-refractivity contribution in [3.63, 3.8) is 0 Å². The molecule has 1 aromatic rings. The predicted molar refractivity (Wildman–Crippen MR) is 116 cm³/mol. The normalized spacial score (nSPS) is 23.3. The molecule has 3 rings (SSSR count). The van der Waals surface area contributed by atoms with Gasteiger partial charge in [0, 0.05) is 36.8 Å². The van der Waals surface area contributed by atoms with Crippen LogP contribution in [-0.2, 0) is 4.79 Å². The predicted octanol–water partition coefficient (Wildman–Crippen LogP) is 3.72. The summed E-state index contributed by atoms with van der Waals surface area (Å²) in [4.78, 5) is 14.5. The number of carbonyl (C=O) groups is 1. The summed E-state index contributed by atoms with van der Waals surface area (Å²) < 4.78 is 5.78. The summed E-state index contributed by atoms with van der Waals surface area (Å²) in [6.45, 7) is 1.70. The SMILES string of the molecule is CN(C)CCCOc1cccc(NC(=O)CC2CC3CCC(C2)N3)c1.Cl.Cl. The van der Waals surface area contributed by atoms with Gasteiger partial charge in [-0.2, -0.15) is 0 Å². The fourth-order valence-corrected chi connectivity index (χ4v) is 4.05. The Morgan fingerprint density at radius 3 is 2.59 bits per heavy atom. The van der Waals surface area contributed by atoms with E-state index in [1.54, 1.807) is 0 Å². The van der Waals surface area contributed by atoms with Crippen LogP contribution < -0.4 is 15.4 Å². The molecule has 2 aliphatic heterocycles. The van der Waals surface area contributed by atoms with Crippen LogP contribution >= 0.6 is 24.8 Å². The van der Waals surface area contributed by atoms with Crippen molar-refractivity contribution in [3.05, 3.63) is 24.3 Å². The van der Waals surface area contributed by atoms with Gasteiger partial charge in [-0.1, -0.05) is 6.07 Å². The van der Waals surface area contributed by atoms with Gasteiger partial charge in [0.25, 0.3) is 0 Å². The summed E-state index contributed by atoms with van der Waals surface area (Å²) in [6, 6.07) is 8.99. The molecule has 2 heterocycles. The molecule has 5 nitrogen and oxygen atoms in total. The molecule has 0 radical (unpaired) electrons. The van der Waals surface area contributed by atoms with Gasteiger partial charge in [-0.25, -0.2) is 0 Å². The first kappa shape index (κ1) is 24.0. The minimum atomic E-state index is 0. The Morgan fingerprint density at radius 1 is 1.22 bits per heavy atom. The molecule has 27 heavy (non-hydrogen) atoms. The molecule has 2 aliphatic rings. The molecule has 1 aromatic carbocycles. The van der Waals surface area contributed by atoms with Crippen LogP contribution in [-0.4, -0.2) is 50.1 Å². The van der Waals surface area contributed by atoms with Gasteiger partial charge in [0.15, 0.2) is 0 Å². The number of ether oxygens (including phenoxy) is 1. The maximum Gasteiger partial charge on any atom is 0.224 e. The van der Waals surface area contributed by atoms with Crippen molar-refractivity contribution in [3.8, 4) is 5.75 Å². The summed E-state index contributed by atoms with van der Waals surface area (Å²) >= 11 is 0. The summed E-state index contributed by atoms with van der Waals surface area (Å²) in [5, 5.41) is 6.67. The van der Waals surface area contributed by atoms with Crippen molar-refractivity contribution in [1.82, 2.24) is 10.2 Å². The van der Waals surface area contributed by atoms with Crippen molar-refractivity contribution in [2.45, 2.75) is 50.6 Å². The lowest BCUT2D eigenvalue weighted by Crippen LogP contribution is -2.39. The Morgan fingerprint density at radius 2 is 1.93 bits per heavy atom. The third-order valence-corrected chi connectivity index (χ3v) is 5.18. The molecule has 7 heteroatoms. The van der Waals surface area contributed by atoms with E-state index in [1.807, 2.05) is 24.3 Å². The van der Waals surface area contributed by atoms with E-state index in [1.165, 1.54) is 12.8 Å². The van der Waals surface area contributed by atoms with Crippen LogP contribution in [0.1, 0.15) is 38.5 Å². The average Bonchev–Trinajstić information content (AvgIpc) is 2.90. The van der Waals surface area contributed by atoms with Gasteiger partial charge in [0.05, 0.1) is 6.61 Å². The second-order valence-corrected chi connectivity index (χ2v) is 7.76. The first-order valence-electron chi connectivity index (χ1n) is 9.52. The monoisotopic (exact) mass is 417 g/mol. The van der Waals surface area contributed by atoms with Gasteiger partial charge in [-0.05, 0) is 64.3 Å². The standard InChI is InChI=1S/C20H31N3O2.2ClH/c1-23(2)9-4-10-25-19-6-3-5-16(14-19)22-20(24)13-15-11-17-7-8-18(12-15)21-17;;/h3,5-6,14-15,17-18,21H,4,7-13H2,1-2H3,(H,22,24);2*1H. The molecule has 0 spiro atoms. The van der Waals surface area contributed by atoms with Gasteiger partial charge >= 0.3 is 0 Å². The van der Waals surface area contributed by atoms with Crippen LogP contribution in [0.25, 0.3) is 0 Å². The molecule has 2 saturated heterocycles. The van der Waals surface area contributed by atoms with Crippen LogP contribution in [0, 0.1) is 5.92 Å². The number of halogens is 2. The fraction of sp³-hybridized carbons (Fsp3) is 0.650. The maximum atomic E-state index is 12.4. The minimum absolute atomic E-state index is 0. The van der Waals surface area contributed by atoms with E-state index in [-0.39, 0.29) is 30.7 Å². The number of nitrogens with zero attached hydrogens (tertiary/aromatic N) is 1. The molecule has 154 valence electrons. The van der Waals surface area contributed by atoms with Crippen molar-refractivity contribution in [1.29, 1.82) is 0 Å². The van der Waals surface area contributed by atoms with Crippen LogP contribution in [0.2, 0.25) is 0 Å². The maximum absolute atomic E-state index is 12.4. The Balaban J connectivity index is 0.00000182. The van der Waals surface area contributed by atoms with Crippen LogP contribution in [0.3, 0.4) is 0 Å². The lowest BCUT2D eigenvalue weighted by Gasteiger charge is -2.28. The van der Waals surface area contributed by atoms with Gasteiger partial charge in [-0.15, -0.1) is 24.8 Å². The lowest BCUT2D eigenvalue weighted by atomic mass is 9.89. The number of hydrogen-bond donors (Lipinski definition) is 2. The van der Waals surface area contributed by atoms with E-state index in [4.69, 9.17) is 4.74 Å². The molecule has 0 aromatic heterocycles. The number of anilines is 1. The lowest BCUT2D eigenvalue weighted by molar-refractivity contribution is -0.117. The van der Waals surface area contributed by atoms with Crippen LogP contribution in [0.4, 0.5) is 5.69 Å². The molecule has 1 amide bonds. The van der Waals surface area contributed by atoms with Gasteiger partial charge in [0.2, 0.25) is 5.91 Å². The van der Waals surface area contributed by atoms with E-state index in [9.17, 15) is 4.79 Å². The number of hydrogen-bond acceptors (Lipinski definition) is 4. The Hall–Kier alpha value is -1.01. The molecule has 2 N–H and O–H groups in total. The van der Waals surface area contributed by atoms with E-state index < -0.39 is 0 Å². The molecule has 2 unspecified atom stereocenters. The smallest absolute Gasteiger partial charge is 0.224 e. The minimum Gasteiger partial charge on any atom is -0.493 e. The first-order chi connectivity index (χ1) is 12.1. The van der Waals surface area contributed by atoms with Gasteiger partial charge in [0.1, 0.15) is 5.75 Å². The summed E-state index contributed by atoms with van der Waals surface area (Å²) in [7, 11) is 4.12. The highest BCUT2D eigenvalue weighted by atomic mass is 35.5. The van der Waals surface area contributed by atoms with Gasteiger partial charge in [-0.3, -0.25) is 4.79 Å². The summed E-state index contributed by atoms with van der Waals surface area (Å²) in [6.07, 6.45) is 6.44. The van der Waals surface area contributed by atoms with E-state index >= 15 is 0 Å². The third-order valence-electron chi connectivity index (χ3n) is 5.18. The Bertz CT molecular complexity index is 574. The zero-order valence-corrected chi connectivity index (χ0v) is 17.9. The first-order valence-corrected chi connectivity index (χ1v) is 9.52. The quantitative estimate of drug-likeness (QED) is 0.632. The molecule has 2 atom stereocenters. The van der Waals surface area contributed by atoms with Crippen molar-refractivity contribution >= 4 is 36.4 Å². The molecule has 0 aliphatic carbocycles. The van der Waals surface area contributed by atoms with Crippen molar-refractivity contribution in [2.24, 2.45) is 5.92 Å². The van der Waals surface area contributed by atoms with E-state index in [0.29, 0.717) is 31.0 Å². The third kappa shape index (κ3) is 7.86. The number of carbonyl (C=O) groups excluding carboxylic acids is 1. The van der Waals surface area contributed by atoms with Crippen LogP contribution in [0.5, 0.6) is 5.75 Å². The highest BCUT2D eigenvalue weighted by molar-refractivity contribution is 5.91. The number of amides is 1. The molecule has 2 fully saturated rings. The van der Waals surface area contributed by atoms with E-state index in [0.717, 1.165) is 37.2 Å². The largest absolute Gasteiger partial charge is 0.493 e. The highest BCUT2D eigenvalue weighted by Crippen LogP contribution is 2.32. The number of rotatable bonds is 8. The number of piperidine rings is 1. The van der Waals surface area contributed by atoms with Crippen LogP contribution in [0.15, 0.2) is 24.3 Å². The fourth-order valence-electron chi connectivity index (χ4n) is 4.05. The number of fused-ring (bicyclic) bond motifs is 2. The highest BCUT2D eigenvalue weighted by Gasteiger charge is 2.34. The summed E-state index contributed by atoms with van der Waals surface area (Å²) in [5.74, 6) is 1.46. The Kier molecular flexibility index (Phi) is 10.5. The second kappa shape index (κ2) is 11.7. The number of benzene rings is 1. The second-order valence-electron chi connectivity index (χ2n) is 7.76. The zero-order valence-electron chi connectivity index (χ0n) is 16.3. The molecule has 0 saturated carbocycles. The zero-order chi connectivity index (χ0) is 17.6. The van der Waals surface area contributed by atoms with Gasteiger partial charge < -0.3 is 20.3 Å². The summed E-state index contributed by atoms with van der Waals surface area (Å²) in [5.41, 5.74) is 0.826. The Labute approximate surface area is 175 Å². The van der Waals surface area contributed by atoms with Crippen molar-refractivity contribution < 1.29 is 9.53 Å². The van der Waals surface area contributed by atoms with Crippen molar-refractivity contribution in [2.75, 3.05) is 32.6 Å². The van der Waals surface area contributed by atoms with E-state index in [2.05, 4.69) is 29.6 Å². The molecular formula is C20H33Cl2N3O2. The average molecular weight is 418 g/mol. The molecular weight excluding hydrogens is 385 g/mol. The molecule has 2 bridgehead atoms.